The molecular formula is C2H8N4O6Pd. The Morgan fingerprint density at radius 1 is 1.00 bits per heavy atom. The van der Waals surface area contributed by atoms with Crippen molar-refractivity contribution >= 4 is 0 Å². The molecule has 0 radical (unpaired) electrons. The predicted octanol–water partition coefficient (Wildman–Crippen LogP) is 0.393. The summed E-state index contributed by atoms with van der Waals surface area (Å²) in [7, 11) is 0. The number of rotatable bonds is 1. The number of hydrogen-bond acceptors (Lipinski definition) is 4. The Hall–Kier alpha value is -1.02. The quantitative estimate of drug-likeness (QED) is 0.401. The monoisotopic (exact) mass is 290 g/mol. The van der Waals surface area contributed by atoms with E-state index in [4.69, 9.17) is 42.1 Å². The Balaban J connectivity index is -0.0000000450. The van der Waals surface area contributed by atoms with E-state index >= 15 is 0 Å². The summed E-state index contributed by atoms with van der Waals surface area (Å²) < 4.78 is 0. The van der Waals surface area contributed by atoms with E-state index in [1.807, 2.05) is 0 Å². The van der Waals surface area contributed by atoms with Crippen LogP contribution in [0.3, 0.4) is 0 Å². The van der Waals surface area contributed by atoms with Gasteiger partial charge in [0.15, 0.2) is 0 Å². The van der Waals surface area contributed by atoms with Crippen molar-refractivity contribution in [1.82, 2.24) is 0 Å². The second kappa shape index (κ2) is 22.4. The van der Waals surface area contributed by atoms with Gasteiger partial charge in [-0.25, -0.2) is 0 Å². The summed E-state index contributed by atoms with van der Waals surface area (Å²) in [4.78, 5) is 16.7. The van der Waals surface area contributed by atoms with E-state index in [2.05, 4.69) is 0 Å². The fourth-order valence-electron chi connectivity index (χ4n) is 0. The van der Waals surface area contributed by atoms with Crippen LogP contribution in [0.1, 0.15) is 0 Å². The van der Waals surface area contributed by atoms with Crippen molar-refractivity contribution in [3.63, 3.8) is 0 Å². The van der Waals surface area contributed by atoms with Crippen molar-refractivity contribution in [2.24, 2.45) is 0 Å². The molecule has 0 aromatic carbocycles. The van der Waals surface area contributed by atoms with Crippen LogP contribution in [0, 0.1) is 20.2 Å². The molecule has 0 atom stereocenters. The fraction of sp³-hybridized carbons (Fsp3) is 1.00. The molecule has 0 bridgehead atoms. The van der Waals surface area contributed by atoms with Crippen LogP contribution < -0.4 is 0 Å². The van der Waals surface area contributed by atoms with Crippen LogP contribution in [0.5, 0.6) is 0 Å². The molecule has 0 aliphatic rings. The SMILES string of the molecule is O=[N+]([O-])O.O=[N+]([O-])O.[NH-]CC[NH-].[Pd+2]. The molecule has 0 heterocycles. The van der Waals surface area contributed by atoms with Gasteiger partial charge >= 0.3 is 20.4 Å². The van der Waals surface area contributed by atoms with Gasteiger partial charge in [0.2, 0.25) is 0 Å². The Kier molecular flexibility index (Phi) is 39.2. The third-order valence-electron chi connectivity index (χ3n) is 0.125. The molecule has 82 valence electrons. The van der Waals surface area contributed by atoms with E-state index < -0.39 is 10.2 Å². The number of nitrogens with zero attached hydrogens (tertiary/aromatic N) is 2. The zero-order chi connectivity index (χ0) is 10.6. The molecule has 0 aliphatic carbocycles. The Morgan fingerprint density at radius 3 is 1.08 bits per heavy atom. The molecule has 0 fully saturated rings. The largest absolute Gasteiger partial charge is 2.00 e. The van der Waals surface area contributed by atoms with Gasteiger partial charge < -0.3 is 21.9 Å². The van der Waals surface area contributed by atoms with Crippen molar-refractivity contribution in [3.8, 4) is 0 Å². The normalized spacial score (nSPS) is 6.00. The van der Waals surface area contributed by atoms with Crippen LogP contribution in [-0.4, -0.2) is 33.7 Å². The van der Waals surface area contributed by atoms with Crippen molar-refractivity contribution in [2.75, 3.05) is 13.1 Å². The first-order chi connectivity index (χ1) is 5.38. The molecule has 0 amide bonds. The second-order valence-electron chi connectivity index (χ2n) is 0.976. The van der Waals surface area contributed by atoms with Gasteiger partial charge in [-0.3, -0.25) is 0 Å². The predicted molar refractivity (Wildman–Crippen MR) is 35.9 cm³/mol. The minimum atomic E-state index is -1.50. The van der Waals surface area contributed by atoms with Crippen LogP contribution in [0.15, 0.2) is 0 Å². The van der Waals surface area contributed by atoms with Gasteiger partial charge in [0.05, 0.1) is 0 Å². The third-order valence-corrected chi connectivity index (χ3v) is 0.125. The van der Waals surface area contributed by atoms with Gasteiger partial charge in [0.1, 0.15) is 0 Å². The van der Waals surface area contributed by atoms with Crippen LogP contribution >= 0.6 is 0 Å². The molecule has 13 heavy (non-hydrogen) atoms. The van der Waals surface area contributed by atoms with Gasteiger partial charge in [-0.1, -0.05) is 0 Å². The smallest absolute Gasteiger partial charge is 0.679 e. The maximum absolute atomic E-state index is 8.36. The van der Waals surface area contributed by atoms with Crippen molar-refractivity contribution in [2.45, 2.75) is 0 Å². The number of nitrogens with one attached hydrogen (secondary N) is 2. The summed E-state index contributed by atoms with van der Waals surface area (Å²) in [6.07, 6.45) is 0. The first-order valence-corrected chi connectivity index (χ1v) is 2.34. The van der Waals surface area contributed by atoms with Gasteiger partial charge in [-0.15, -0.1) is 20.2 Å². The topological polar surface area (TPSA) is 174 Å². The van der Waals surface area contributed by atoms with Crippen molar-refractivity contribution in [3.05, 3.63) is 31.7 Å². The summed E-state index contributed by atoms with van der Waals surface area (Å²) in [5, 5.41) is 27.3. The zero-order valence-electron chi connectivity index (χ0n) is 6.15. The molecule has 0 rings (SSSR count). The van der Waals surface area contributed by atoms with E-state index in [0.29, 0.717) is 0 Å². The van der Waals surface area contributed by atoms with Crippen molar-refractivity contribution < 1.29 is 41.0 Å². The standard InChI is InChI=1S/C2H6N2.2HNO3.Pd/c3-1-2-4;2*2-1(3)4;/h3-4H,1-2H2;2*(H,2,3,4);/q-2;;;+2. The third kappa shape index (κ3) is 2840000. The van der Waals surface area contributed by atoms with Gasteiger partial charge in [0.25, 0.3) is 10.2 Å². The summed E-state index contributed by atoms with van der Waals surface area (Å²) in [6.45, 7) is 0.472. The molecule has 0 aromatic heterocycles. The Morgan fingerprint density at radius 2 is 1.08 bits per heavy atom. The van der Waals surface area contributed by atoms with E-state index in [9.17, 15) is 0 Å². The zero-order valence-corrected chi connectivity index (χ0v) is 7.71. The van der Waals surface area contributed by atoms with Gasteiger partial charge in [0, 0.05) is 0 Å². The molecule has 4 N–H and O–H groups in total. The van der Waals surface area contributed by atoms with E-state index in [1.54, 1.807) is 0 Å². The molecule has 0 spiro atoms. The maximum atomic E-state index is 8.36. The van der Waals surface area contributed by atoms with Gasteiger partial charge in [-0.05, 0) is 0 Å². The average Bonchev–Trinajstić information content (AvgIpc) is 1.85. The maximum Gasteiger partial charge on any atom is 2.00 e. The minimum absolute atomic E-state index is 0. The summed E-state index contributed by atoms with van der Waals surface area (Å²) >= 11 is 0. The molecule has 11 heteroatoms. The molecular weight excluding hydrogens is 282 g/mol. The van der Waals surface area contributed by atoms with Crippen LogP contribution in [-0.2, 0) is 20.4 Å². The Bertz CT molecular complexity index is 99.2. The first-order valence-electron chi connectivity index (χ1n) is 2.34. The van der Waals surface area contributed by atoms with E-state index in [-0.39, 0.29) is 33.5 Å². The summed E-state index contributed by atoms with van der Waals surface area (Å²) in [6, 6.07) is 0. The average molecular weight is 291 g/mol. The van der Waals surface area contributed by atoms with Crippen LogP contribution in [0.4, 0.5) is 0 Å². The molecule has 0 aromatic rings. The van der Waals surface area contributed by atoms with E-state index in [0.717, 1.165) is 0 Å². The molecule has 0 aliphatic heterocycles. The Labute approximate surface area is 86.4 Å². The van der Waals surface area contributed by atoms with Crippen molar-refractivity contribution in [1.29, 1.82) is 0 Å². The summed E-state index contributed by atoms with van der Waals surface area (Å²) in [5.74, 6) is 0. The van der Waals surface area contributed by atoms with Gasteiger partial charge in [-0.2, -0.15) is 13.1 Å². The minimum Gasteiger partial charge on any atom is -0.679 e. The summed E-state index contributed by atoms with van der Waals surface area (Å²) in [5.41, 5.74) is 12.5. The second-order valence-corrected chi connectivity index (χ2v) is 0.976. The molecule has 0 saturated heterocycles. The molecule has 10 nitrogen and oxygen atoms in total. The van der Waals surface area contributed by atoms with Crippen LogP contribution in [0.2, 0.25) is 0 Å². The number of hydrogen-bond donors (Lipinski definition) is 2. The molecule has 0 unspecified atom stereocenters. The fourth-order valence-corrected chi connectivity index (χ4v) is 0. The van der Waals surface area contributed by atoms with Crippen LogP contribution in [0.25, 0.3) is 11.5 Å². The van der Waals surface area contributed by atoms with E-state index in [1.165, 1.54) is 0 Å². The first kappa shape index (κ1) is 22.7. The molecule has 0 saturated carbocycles.